The summed E-state index contributed by atoms with van der Waals surface area (Å²) < 4.78 is 10.8. The Kier molecular flexibility index (Phi) is 15.4. The van der Waals surface area contributed by atoms with Crippen LogP contribution in [0.1, 0.15) is 71.6 Å². The van der Waals surface area contributed by atoms with Gasteiger partial charge in [-0.1, -0.05) is 45.4 Å². The second-order valence-electron chi connectivity index (χ2n) is 4.98. The molecule has 0 aromatic carbocycles. The summed E-state index contributed by atoms with van der Waals surface area (Å²) in [5, 5.41) is 0.252. The standard InChI is InChI=1S/C15H31ClO2/c1-3-4-5-6-7-8-9-12-17-14-18-13-10-11-15(2)16/h15H,3-14H2,1-2H3. The summed E-state index contributed by atoms with van der Waals surface area (Å²) >= 11 is 5.83. The summed E-state index contributed by atoms with van der Waals surface area (Å²) in [7, 11) is 0. The first-order valence-corrected chi connectivity index (χ1v) is 8.00. The van der Waals surface area contributed by atoms with Crippen LogP contribution in [0.15, 0.2) is 0 Å². The first kappa shape index (κ1) is 18.2. The van der Waals surface area contributed by atoms with Crippen molar-refractivity contribution >= 4 is 11.6 Å². The third kappa shape index (κ3) is 16.2. The molecular weight excluding hydrogens is 248 g/mol. The highest BCUT2D eigenvalue weighted by Crippen LogP contribution is 2.07. The Morgan fingerprint density at radius 2 is 1.39 bits per heavy atom. The molecular formula is C15H31ClO2. The summed E-state index contributed by atoms with van der Waals surface area (Å²) in [6.45, 7) is 6.29. The summed E-state index contributed by atoms with van der Waals surface area (Å²) in [5.74, 6) is 0. The van der Waals surface area contributed by atoms with Crippen molar-refractivity contribution < 1.29 is 9.47 Å². The van der Waals surface area contributed by atoms with E-state index in [1.54, 1.807) is 0 Å². The first-order valence-electron chi connectivity index (χ1n) is 7.57. The van der Waals surface area contributed by atoms with Gasteiger partial charge in [0.15, 0.2) is 0 Å². The summed E-state index contributed by atoms with van der Waals surface area (Å²) in [5.41, 5.74) is 0. The van der Waals surface area contributed by atoms with Crippen molar-refractivity contribution in [1.29, 1.82) is 0 Å². The molecule has 0 aliphatic carbocycles. The minimum atomic E-state index is 0.252. The van der Waals surface area contributed by atoms with Gasteiger partial charge >= 0.3 is 0 Å². The lowest BCUT2D eigenvalue weighted by Crippen LogP contribution is -2.04. The minimum Gasteiger partial charge on any atom is -0.355 e. The Morgan fingerprint density at radius 1 is 0.833 bits per heavy atom. The van der Waals surface area contributed by atoms with E-state index in [0.29, 0.717) is 6.79 Å². The molecule has 0 radical (unpaired) electrons. The number of rotatable bonds is 14. The van der Waals surface area contributed by atoms with Crippen LogP contribution in [-0.2, 0) is 9.47 Å². The van der Waals surface area contributed by atoms with Gasteiger partial charge in [-0.25, -0.2) is 0 Å². The fraction of sp³-hybridized carbons (Fsp3) is 1.00. The van der Waals surface area contributed by atoms with Gasteiger partial charge in [0.1, 0.15) is 6.79 Å². The maximum atomic E-state index is 5.83. The highest BCUT2D eigenvalue weighted by Gasteiger charge is 1.96. The monoisotopic (exact) mass is 278 g/mol. The van der Waals surface area contributed by atoms with Crippen LogP contribution in [0.2, 0.25) is 0 Å². The Balaban J connectivity index is 2.90. The number of halogens is 1. The van der Waals surface area contributed by atoms with Crippen LogP contribution in [-0.4, -0.2) is 25.4 Å². The number of unbranched alkanes of at least 4 members (excludes halogenated alkanes) is 6. The third-order valence-corrected chi connectivity index (χ3v) is 3.17. The van der Waals surface area contributed by atoms with E-state index in [9.17, 15) is 0 Å². The molecule has 0 N–H and O–H groups in total. The zero-order valence-corrected chi connectivity index (χ0v) is 13.0. The molecule has 0 spiro atoms. The molecule has 18 heavy (non-hydrogen) atoms. The molecule has 0 rings (SSSR count). The second-order valence-corrected chi connectivity index (χ2v) is 5.72. The Hall–Kier alpha value is 0.210. The lowest BCUT2D eigenvalue weighted by molar-refractivity contribution is -0.0555. The van der Waals surface area contributed by atoms with Gasteiger partial charge in [0.25, 0.3) is 0 Å². The first-order chi connectivity index (χ1) is 8.77. The fourth-order valence-corrected chi connectivity index (χ4v) is 1.96. The predicted molar refractivity (Wildman–Crippen MR) is 79.3 cm³/mol. The van der Waals surface area contributed by atoms with E-state index in [2.05, 4.69) is 6.92 Å². The number of hydrogen-bond acceptors (Lipinski definition) is 2. The molecule has 0 heterocycles. The van der Waals surface area contributed by atoms with E-state index in [0.717, 1.165) is 32.5 Å². The molecule has 110 valence electrons. The molecule has 0 bridgehead atoms. The van der Waals surface area contributed by atoms with Gasteiger partial charge in [0, 0.05) is 18.6 Å². The van der Waals surface area contributed by atoms with Crippen LogP contribution < -0.4 is 0 Å². The second kappa shape index (κ2) is 15.3. The molecule has 0 fully saturated rings. The lowest BCUT2D eigenvalue weighted by Gasteiger charge is -2.06. The topological polar surface area (TPSA) is 18.5 Å². The van der Waals surface area contributed by atoms with Crippen LogP contribution >= 0.6 is 11.6 Å². The van der Waals surface area contributed by atoms with E-state index in [1.165, 1.54) is 38.5 Å². The van der Waals surface area contributed by atoms with Crippen LogP contribution in [0.5, 0.6) is 0 Å². The summed E-state index contributed by atoms with van der Waals surface area (Å²) in [6.07, 6.45) is 11.3. The lowest BCUT2D eigenvalue weighted by atomic mass is 10.1. The van der Waals surface area contributed by atoms with Crippen molar-refractivity contribution in [2.45, 2.75) is 77.0 Å². The Bertz CT molecular complexity index is 151. The van der Waals surface area contributed by atoms with Gasteiger partial charge in [-0.2, -0.15) is 0 Å². The van der Waals surface area contributed by atoms with E-state index < -0.39 is 0 Å². The van der Waals surface area contributed by atoms with Crippen molar-refractivity contribution in [2.24, 2.45) is 0 Å². The van der Waals surface area contributed by atoms with Crippen molar-refractivity contribution in [2.75, 3.05) is 20.0 Å². The maximum Gasteiger partial charge on any atom is 0.146 e. The molecule has 2 nitrogen and oxygen atoms in total. The Morgan fingerprint density at radius 3 is 2.00 bits per heavy atom. The average molecular weight is 279 g/mol. The van der Waals surface area contributed by atoms with Gasteiger partial charge in [-0.3, -0.25) is 0 Å². The largest absolute Gasteiger partial charge is 0.355 e. The third-order valence-electron chi connectivity index (χ3n) is 2.95. The molecule has 0 aliphatic rings. The van der Waals surface area contributed by atoms with E-state index in [-0.39, 0.29) is 5.38 Å². The van der Waals surface area contributed by atoms with Gasteiger partial charge in [-0.05, 0) is 26.2 Å². The van der Waals surface area contributed by atoms with Gasteiger partial charge in [-0.15, -0.1) is 11.6 Å². The van der Waals surface area contributed by atoms with Crippen LogP contribution in [0, 0.1) is 0 Å². The smallest absolute Gasteiger partial charge is 0.146 e. The number of hydrogen-bond donors (Lipinski definition) is 0. The van der Waals surface area contributed by atoms with Crippen molar-refractivity contribution in [3.05, 3.63) is 0 Å². The maximum absolute atomic E-state index is 5.83. The van der Waals surface area contributed by atoms with E-state index in [4.69, 9.17) is 21.1 Å². The van der Waals surface area contributed by atoms with Gasteiger partial charge in [0.2, 0.25) is 0 Å². The predicted octanol–water partition coefficient (Wildman–Crippen LogP) is 5.14. The number of alkyl halides is 1. The van der Waals surface area contributed by atoms with E-state index in [1.807, 2.05) is 6.92 Å². The van der Waals surface area contributed by atoms with E-state index >= 15 is 0 Å². The molecule has 0 saturated carbocycles. The Labute approximate surface area is 118 Å². The van der Waals surface area contributed by atoms with Crippen molar-refractivity contribution in [1.82, 2.24) is 0 Å². The molecule has 0 aromatic heterocycles. The highest BCUT2D eigenvalue weighted by molar-refractivity contribution is 6.20. The SMILES string of the molecule is CCCCCCCCCOCOCCCC(C)Cl. The van der Waals surface area contributed by atoms with Gasteiger partial charge < -0.3 is 9.47 Å². The molecule has 0 aromatic rings. The molecule has 3 heteroatoms. The van der Waals surface area contributed by atoms with Crippen LogP contribution in [0.3, 0.4) is 0 Å². The van der Waals surface area contributed by atoms with Crippen molar-refractivity contribution in [3.8, 4) is 0 Å². The zero-order chi connectivity index (χ0) is 13.5. The van der Waals surface area contributed by atoms with Gasteiger partial charge in [0.05, 0.1) is 0 Å². The average Bonchev–Trinajstić information content (AvgIpc) is 2.34. The summed E-state index contributed by atoms with van der Waals surface area (Å²) in [6, 6.07) is 0. The molecule has 0 aliphatic heterocycles. The molecule has 0 amide bonds. The molecule has 0 saturated heterocycles. The highest BCUT2D eigenvalue weighted by atomic mass is 35.5. The quantitative estimate of drug-likeness (QED) is 0.249. The van der Waals surface area contributed by atoms with Crippen LogP contribution in [0.25, 0.3) is 0 Å². The normalized spacial score (nSPS) is 12.8. The molecule has 1 unspecified atom stereocenters. The minimum absolute atomic E-state index is 0.252. The zero-order valence-electron chi connectivity index (χ0n) is 12.3. The van der Waals surface area contributed by atoms with Crippen LogP contribution in [0.4, 0.5) is 0 Å². The summed E-state index contributed by atoms with van der Waals surface area (Å²) in [4.78, 5) is 0. The van der Waals surface area contributed by atoms with Crippen molar-refractivity contribution in [3.63, 3.8) is 0 Å². The fourth-order valence-electron chi connectivity index (χ4n) is 1.80. The number of ether oxygens (including phenoxy) is 2. The molecule has 1 atom stereocenters.